The van der Waals surface area contributed by atoms with Crippen molar-refractivity contribution in [3.05, 3.63) is 0 Å². The molecule has 0 saturated carbocycles. The van der Waals surface area contributed by atoms with Crippen LogP contribution in [0.25, 0.3) is 0 Å². The molecule has 0 heterocycles. The number of likely N-dealkylation sites (N-methyl/N-ethyl adjacent to an activating group) is 1. The molecule has 0 unspecified atom stereocenters. The molecule has 0 bridgehead atoms. The molecule has 0 saturated heterocycles. The Labute approximate surface area is 65.0 Å². The Morgan fingerprint density at radius 1 is 1.89 bits per heavy atom. The molecule has 0 amide bonds. The Kier molecular flexibility index (Phi) is 4.09. The maximum Gasteiger partial charge on any atom is 0.322 e. The van der Waals surface area contributed by atoms with Crippen molar-refractivity contribution in [2.24, 2.45) is 0 Å². The van der Waals surface area contributed by atoms with Gasteiger partial charge < -0.3 is 5.11 Å². The van der Waals surface area contributed by atoms with E-state index in [1.54, 1.807) is 7.05 Å². The molecule has 54 valence electrons. The first-order valence-electron chi connectivity index (χ1n) is 2.35. The van der Waals surface area contributed by atoms with Gasteiger partial charge in [-0.3, -0.25) is 4.79 Å². The molecule has 0 rings (SSSR count). The molecule has 5 heteroatoms. The first-order valence-corrected chi connectivity index (χ1v) is 3.38. The van der Waals surface area contributed by atoms with Crippen LogP contribution < -0.4 is 0 Å². The predicted octanol–water partition coefficient (Wildman–Crippen LogP) is 0.146. The molecule has 0 aliphatic heterocycles. The summed E-state index contributed by atoms with van der Waals surface area (Å²) >= 11 is 7.64. The van der Waals surface area contributed by atoms with Crippen LogP contribution in [-0.2, 0) is 4.79 Å². The van der Waals surface area contributed by atoms with Crippen molar-refractivity contribution in [1.82, 2.24) is 4.31 Å². The smallest absolute Gasteiger partial charge is 0.322 e. The minimum absolute atomic E-state index is 0.273. The van der Waals surface area contributed by atoms with Crippen molar-refractivity contribution >= 4 is 31.4 Å². The Morgan fingerprint density at radius 3 is 2.33 bits per heavy atom. The Balaban J connectivity index is 3.83. The van der Waals surface area contributed by atoms with Gasteiger partial charge in [0.15, 0.2) is 0 Å². The van der Waals surface area contributed by atoms with Gasteiger partial charge >= 0.3 is 5.97 Å². The molecule has 0 fully saturated rings. The summed E-state index contributed by atoms with van der Waals surface area (Å²) < 4.78 is 1.31. The molecular weight excluding hydrogens is 158 g/mol. The first-order chi connectivity index (χ1) is 4.09. The van der Waals surface area contributed by atoms with E-state index in [1.807, 2.05) is 0 Å². The highest BCUT2D eigenvalue weighted by Gasteiger charge is 2.17. The number of carbonyl (C=O) groups is 1. The van der Waals surface area contributed by atoms with E-state index < -0.39 is 12.0 Å². The lowest BCUT2D eigenvalue weighted by atomic mass is 10.3. The molecule has 9 heavy (non-hydrogen) atoms. The second-order valence-electron chi connectivity index (χ2n) is 1.61. The molecule has 1 atom stereocenters. The molecule has 0 aromatic heterocycles. The maximum atomic E-state index is 10.2. The fourth-order valence-electron chi connectivity index (χ4n) is 0.356. The molecule has 0 radical (unpaired) electrons. The third-order valence-electron chi connectivity index (χ3n) is 0.909. The summed E-state index contributed by atoms with van der Waals surface area (Å²) in [6, 6.07) is -0.600. The summed E-state index contributed by atoms with van der Waals surface area (Å²) in [7, 11) is 1.58. The number of thiol groups is 2. The second kappa shape index (κ2) is 4.03. The standard InChI is InChI=1S/C4H9NO2S2/c1-5(9)3(2-8)4(6)7/h3,8-9H,2H2,1H3,(H,6,7)/t3-/m0/s1. The van der Waals surface area contributed by atoms with Gasteiger partial charge in [0.05, 0.1) is 0 Å². The average Bonchev–Trinajstić information content (AvgIpc) is 1.64. The monoisotopic (exact) mass is 167 g/mol. The number of carboxylic acids is 1. The van der Waals surface area contributed by atoms with E-state index in [9.17, 15) is 4.79 Å². The molecule has 3 nitrogen and oxygen atoms in total. The van der Waals surface area contributed by atoms with Crippen LogP contribution in [-0.4, -0.2) is 34.2 Å². The van der Waals surface area contributed by atoms with Crippen LogP contribution in [0.3, 0.4) is 0 Å². The lowest BCUT2D eigenvalue weighted by Gasteiger charge is -2.15. The maximum absolute atomic E-state index is 10.2. The number of aliphatic carboxylic acids is 1. The molecule has 0 spiro atoms. The normalized spacial score (nSPS) is 13.8. The first kappa shape index (κ1) is 9.13. The Morgan fingerprint density at radius 2 is 2.33 bits per heavy atom. The molecule has 0 aromatic carbocycles. The lowest BCUT2D eigenvalue weighted by Crippen LogP contribution is -2.33. The van der Waals surface area contributed by atoms with E-state index >= 15 is 0 Å². The molecule has 0 aromatic rings. The lowest BCUT2D eigenvalue weighted by molar-refractivity contribution is -0.140. The van der Waals surface area contributed by atoms with E-state index in [0.29, 0.717) is 0 Å². The van der Waals surface area contributed by atoms with Crippen LogP contribution in [0.4, 0.5) is 0 Å². The summed E-state index contributed by atoms with van der Waals surface area (Å²) in [6.07, 6.45) is 0. The van der Waals surface area contributed by atoms with Gasteiger partial charge in [0, 0.05) is 5.75 Å². The highest BCUT2D eigenvalue weighted by Crippen LogP contribution is 2.00. The van der Waals surface area contributed by atoms with Gasteiger partial charge in [0.25, 0.3) is 0 Å². The molecule has 1 N–H and O–H groups in total. The summed E-state index contributed by atoms with van der Waals surface area (Å²) in [4.78, 5) is 10.2. The van der Waals surface area contributed by atoms with Crippen LogP contribution >= 0.6 is 25.4 Å². The number of hydrogen-bond acceptors (Lipinski definition) is 4. The van der Waals surface area contributed by atoms with Gasteiger partial charge in [-0.25, -0.2) is 4.31 Å². The third kappa shape index (κ3) is 2.98. The zero-order valence-corrected chi connectivity index (χ0v) is 6.77. The van der Waals surface area contributed by atoms with Gasteiger partial charge in [0.1, 0.15) is 6.04 Å². The van der Waals surface area contributed by atoms with Gasteiger partial charge in [0.2, 0.25) is 0 Å². The zero-order valence-electron chi connectivity index (χ0n) is 4.98. The fourth-order valence-corrected chi connectivity index (χ4v) is 1.07. The predicted molar refractivity (Wildman–Crippen MR) is 42.0 cm³/mol. The van der Waals surface area contributed by atoms with Crippen LogP contribution in [0, 0.1) is 0 Å². The van der Waals surface area contributed by atoms with Crippen LogP contribution in [0.1, 0.15) is 0 Å². The van der Waals surface area contributed by atoms with Crippen LogP contribution in [0.5, 0.6) is 0 Å². The largest absolute Gasteiger partial charge is 0.480 e. The molecule has 0 aliphatic carbocycles. The van der Waals surface area contributed by atoms with E-state index in [0.717, 1.165) is 0 Å². The van der Waals surface area contributed by atoms with Crippen LogP contribution in [0.15, 0.2) is 0 Å². The number of carboxylic acid groups (broad SMARTS) is 1. The van der Waals surface area contributed by atoms with Gasteiger partial charge in [-0.15, -0.1) is 0 Å². The van der Waals surface area contributed by atoms with Crippen molar-refractivity contribution in [1.29, 1.82) is 0 Å². The number of hydrogen-bond donors (Lipinski definition) is 3. The summed E-state index contributed by atoms with van der Waals surface area (Å²) in [6.45, 7) is 0. The topological polar surface area (TPSA) is 40.5 Å². The summed E-state index contributed by atoms with van der Waals surface area (Å²) in [5.41, 5.74) is 0. The van der Waals surface area contributed by atoms with E-state index in [2.05, 4.69) is 25.4 Å². The minimum atomic E-state index is -0.900. The van der Waals surface area contributed by atoms with Gasteiger partial charge in [-0.05, 0) is 7.05 Å². The SMILES string of the molecule is CN(S)[C@@H](CS)C(=O)O. The van der Waals surface area contributed by atoms with E-state index in [-0.39, 0.29) is 5.75 Å². The van der Waals surface area contributed by atoms with Crippen molar-refractivity contribution < 1.29 is 9.90 Å². The van der Waals surface area contributed by atoms with E-state index in [1.165, 1.54) is 4.31 Å². The van der Waals surface area contributed by atoms with Crippen molar-refractivity contribution in [3.63, 3.8) is 0 Å². The highest BCUT2D eigenvalue weighted by atomic mass is 32.1. The average molecular weight is 167 g/mol. The van der Waals surface area contributed by atoms with Crippen molar-refractivity contribution in [2.75, 3.05) is 12.8 Å². The summed E-state index contributed by atoms with van der Waals surface area (Å²) in [5.74, 6) is -0.627. The van der Waals surface area contributed by atoms with Crippen molar-refractivity contribution in [3.8, 4) is 0 Å². The van der Waals surface area contributed by atoms with E-state index in [4.69, 9.17) is 5.11 Å². The Bertz CT molecular complexity index is 107. The quantitative estimate of drug-likeness (QED) is 0.524. The minimum Gasteiger partial charge on any atom is -0.480 e. The van der Waals surface area contributed by atoms with Crippen LogP contribution in [0.2, 0.25) is 0 Å². The molecule has 0 aliphatic rings. The van der Waals surface area contributed by atoms with Gasteiger partial charge in [-0.1, -0.05) is 12.8 Å². The highest BCUT2D eigenvalue weighted by molar-refractivity contribution is 7.80. The number of rotatable bonds is 3. The number of nitrogens with zero attached hydrogens (tertiary/aromatic N) is 1. The zero-order chi connectivity index (χ0) is 7.44. The fraction of sp³-hybridized carbons (Fsp3) is 0.750. The van der Waals surface area contributed by atoms with Crippen molar-refractivity contribution in [2.45, 2.75) is 6.04 Å². The third-order valence-corrected chi connectivity index (χ3v) is 1.53. The second-order valence-corrected chi connectivity index (χ2v) is 2.61. The molecular formula is C4H9NO2S2. The van der Waals surface area contributed by atoms with Gasteiger partial charge in [-0.2, -0.15) is 12.6 Å². The summed E-state index contributed by atoms with van der Waals surface area (Å²) in [5, 5.41) is 8.40. The Hall–Kier alpha value is 0.130.